The minimum atomic E-state index is 0. The van der Waals surface area contributed by atoms with E-state index < -0.39 is 0 Å². The summed E-state index contributed by atoms with van der Waals surface area (Å²) in [5.41, 5.74) is 0. The first-order valence-corrected chi connectivity index (χ1v) is 0. The molecule has 0 aromatic heterocycles. The molecule has 2 radical (unpaired) electrons. The van der Waals surface area contributed by atoms with Crippen molar-refractivity contribution in [3.8, 4) is 0 Å². The monoisotopic (exact) mass is 200 g/mol. The van der Waals surface area contributed by atoms with E-state index in [-0.39, 0.29) is 59.7 Å². The summed E-state index contributed by atoms with van der Waals surface area (Å²) < 4.78 is 0. The van der Waals surface area contributed by atoms with Gasteiger partial charge in [0, 0.05) is 0 Å². The Morgan fingerprint density at radius 3 is 1.00 bits per heavy atom. The summed E-state index contributed by atoms with van der Waals surface area (Å²) in [6.07, 6.45) is 0. The van der Waals surface area contributed by atoms with E-state index in [9.17, 15) is 0 Å². The van der Waals surface area contributed by atoms with E-state index in [0.717, 1.165) is 0 Å². The zero-order valence-electron chi connectivity index (χ0n) is 0.707. The molecular formula is CH13AlSiSn. The fourth-order valence-electron chi connectivity index (χ4n) is 0. The van der Waals surface area contributed by atoms with Crippen LogP contribution in [0.4, 0.5) is 0 Å². The fraction of sp³-hybridized carbons (Fsp3) is 1.00. The van der Waals surface area contributed by atoms with Crippen LogP contribution in [0.1, 0.15) is 7.43 Å². The molecule has 0 aliphatic heterocycles. The van der Waals surface area contributed by atoms with Gasteiger partial charge in [-0.25, -0.2) is 0 Å². The second-order valence-corrected chi connectivity index (χ2v) is 0. The summed E-state index contributed by atoms with van der Waals surface area (Å²) in [7, 11) is 0. The van der Waals surface area contributed by atoms with Gasteiger partial charge in [-0.2, -0.15) is 0 Å². The average molecular weight is 199 g/mol. The van der Waals surface area contributed by atoms with Gasteiger partial charge >= 0.3 is 23.9 Å². The van der Waals surface area contributed by atoms with Gasteiger partial charge in [0.25, 0.3) is 0 Å². The molecule has 0 atom stereocenters. The molecule has 0 heterocycles. The quantitative estimate of drug-likeness (QED) is 0.367. The summed E-state index contributed by atoms with van der Waals surface area (Å²) in [5, 5.41) is 0. The van der Waals surface area contributed by atoms with Gasteiger partial charge in [0.2, 0.25) is 0 Å². The van der Waals surface area contributed by atoms with Crippen molar-refractivity contribution in [3.63, 3.8) is 0 Å². The summed E-state index contributed by atoms with van der Waals surface area (Å²) >= 11 is 0. The van der Waals surface area contributed by atoms with Crippen LogP contribution in [0.3, 0.4) is 0 Å². The number of hydrogen-bond acceptors (Lipinski definition) is 0. The Bertz CT molecular complexity index is 8.00. The Morgan fingerprint density at radius 2 is 1.00 bits per heavy atom. The van der Waals surface area contributed by atoms with Gasteiger partial charge in [0.15, 0.2) is 17.4 Å². The Kier molecular flexibility index (Phi) is 286. The Hall–Kier alpha value is 1.55. The SMILES string of the molecule is C.[AlH3].[SiH4].[SnH2]. The van der Waals surface area contributed by atoms with Crippen LogP contribution in [0.15, 0.2) is 0 Å². The van der Waals surface area contributed by atoms with Gasteiger partial charge in [-0.1, -0.05) is 7.43 Å². The van der Waals surface area contributed by atoms with Crippen molar-refractivity contribution < 1.29 is 0 Å². The molecule has 0 aromatic rings. The summed E-state index contributed by atoms with van der Waals surface area (Å²) in [5.74, 6) is 0. The number of rotatable bonds is 0. The van der Waals surface area contributed by atoms with E-state index in [4.69, 9.17) is 0 Å². The van der Waals surface area contributed by atoms with E-state index in [1.807, 2.05) is 0 Å². The van der Waals surface area contributed by atoms with E-state index in [0.29, 0.717) is 0 Å². The Morgan fingerprint density at radius 1 is 1.00 bits per heavy atom. The second-order valence-electron chi connectivity index (χ2n) is 0. The molecule has 0 saturated carbocycles. The molecule has 0 unspecified atom stereocenters. The molecule has 0 nitrogen and oxygen atoms in total. The first-order valence-electron chi connectivity index (χ1n) is 0. The van der Waals surface area contributed by atoms with Crippen LogP contribution < -0.4 is 0 Å². The van der Waals surface area contributed by atoms with Crippen LogP contribution in [0.5, 0.6) is 0 Å². The topological polar surface area (TPSA) is 0 Å². The maximum atomic E-state index is 0. The van der Waals surface area contributed by atoms with Crippen LogP contribution in [-0.4, -0.2) is 52.2 Å². The van der Waals surface area contributed by atoms with Gasteiger partial charge in [-0.05, 0) is 11.0 Å². The fourth-order valence-corrected chi connectivity index (χ4v) is 0. The van der Waals surface area contributed by atoms with Gasteiger partial charge in [-0.15, -0.1) is 0 Å². The first-order chi connectivity index (χ1) is 0. The van der Waals surface area contributed by atoms with E-state index >= 15 is 0 Å². The second kappa shape index (κ2) is 23.9. The molecule has 0 saturated heterocycles. The van der Waals surface area contributed by atoms with Crippen LogP contribution >= 0.6 is 0 Å². The standard InChI is InChI=1S/CH4.Al.H4Si.Sn.5H/h1H4;;1H4;;;;;;. The van der Waals surface area contributed by atoms with Gasteiger partial charge in [0.1, 0.15) is 0 Å². The Labute approximate surface area is 59.5 Å². The minimum absolute atomic E-state index is 0. The molecule has 4 heavy (non-hydrogen) atoms. The molecule has 0 bridgehead atoms. The van der Waals surface area contributed by atoms with Crippen molar-refractivity contribution in [2.24, 2.45) is 0 Å². The van der Waals surface area contributed by atoms with Crippen LogP contribution in [0, 0.1) is 0 Å². The van der Waals surface area contributed by atoms with Crippen molar-refractivity contribution in [2.75, 3.05) is 0 Å². The van der Waals surface area contributed by atoms with Crippen LogP contribution in [0.2, 0.25) is 0 Å². The van der Waals surface area contributed by atoms with E-state index in [2.05, 4.69) is 0 Å². The third kappa shape index (κ3) is 9.61. The van der Waals surface area contributed by atoms with Crippen molar-refractivity contribution >= 4 is 52.2 Å². The third-order valence-electron chi connectivity index (χ3n) is 0. The average Bonchev–Trinajstić information content (AvgIpc) is 0. The normalized spacial score (nSPS) is 0. The van der Waals surface area contributed by atoms with Gasteiger partial charge in [0.05, 0.1) is 0 Å². The predicted molar refractivity (Wildman–Crippen MR) is 36.5 cm³/mol. The molecular weight excluding hydrogens is 186 g/mol. The first kappa shape index (κ1) is 47.9. The van der Waals surface area contributed by atoms with Crippen molar-refractivity contribution in [2.45, 2.75) is 7.43 Å². The molecule has 0 fully saturated rings. The summed E-state index contributed by atoms with van der Waals surface area (Å²) in [6.45, 7) is 0. The summed E-state index contributed by atoms with van der Waals surface area (Å²) in [6, 6.07) is 0. The number of hydrogen-bond donors (Lipinski definition) is 0. The third-order valence-corrected chi connectivity index (χ3v) is 0. The molecule has 0 spiro atoms. The zero-order valence-corrected chi connectivity index (χ0v) is 4.74. The molecule has 0 amide bonds. The van der Waals surface area contributed by atoms with Crippen molar-refractivity contribution in [1.82, 2.24) is 0 Å². The van der Waals surface area contributed by atoms with Gasteiger partial charge < -0.3 is 0 Å². The molecule has 28 valence electrons. The van der Waals surface area contributed by atoms with E-state index in [1.165, 1.54) is 0 Å². The van der Waals surface area contributed by atoms with Gasteiger partial charge in [-0.3, -0.25) is 0 Å². The predicted octanol–water partition coefficient (Wildman–Crippen LogP) is -2.92. The maximum absolute atomic E-state index is 0. The molecule has 0 rings (SSSR count). The molecule has 0 aliphatic rings. The van der Waals surface area contributed by atoms with E-state index in [1.54, 1.807) is 0 Å². The van der Waals surface area contributed by atoms with Crippen LogP contribution in [0.25, 0.3) is 0 Å². The summed E-state index contributed by atoms with van der Waals surface area (Å²) in [4.78, 5) is 0. The van der Waals surface area contributed by atoms with Crippen LogP contribution in [-0.2, 0) is 0 Å². The van der Waals surface area contributed by atoms with Crippen molar-refractivity contribution in [1.29, 1.82) is 0 Å². The van der Waals surface area contributed by atoms with Crippen molar-refractivity contribution in [3.05, 3.63) is 0 Å². The Balaban J connectivity index is 0. The molecule has 0 aliphatic carbocycles. The molecule has 3 heteroatoms. The molecule has 0 N–H and O–H groups in total. The zero-order chi connectivity index (χ0) is 0. The molecule has 0 aromatic carbocycles.